The molecule has 0 saturated carbocycles. The molecule has 25 heavy (non-hydrogen) atoms. The Kier molecular flexibility index (Phi) is 5.11. The lowest BCUT2D eigenvalue weighted by Gasteiger charge is -2.22. The van der Waals surface area contributed by atoms with E-state index in [1.807, 2.05) is 6.92 Å². The van der Waals surface area contributed by atoms with E-state index in [9.17, 15) is 14.0 Å². The maximum atomic E-state index is 13.3. The molecule has 0 radical (unpaired) electrons. The Labute approximate surface area is 145 Å². The van der Waals surface area contributed by atoms with Gasteiger partial charge in [0.25, 0.3) is 5.91 Å². The molecular formula is C18H21FN4O2. The lowest BCUT2D eigenvalue weighted by Crippen LogP contribution is -2.38. The minimum atomic E-state index is -0.339. The number of aromatic nitrogens is 2. The topological polar surface area (TPSA) is 69.3 Å². The van der Waals surface area contributed by atoms with Crippen molar-refractivity contribution in [2.75, 3.05) is 26.2 Å². The second kappa shape index (κ2) is 7.46. The molecule has 1 aromatic heterocycles. The molecule has 3 rings (SSSR count). The summed E-state index contributed by atoms with van der Waals surface area (Å²) in [4.78, 5) is 28.5. The molecule has 7 heteroatoms. The van der Waals surface area contributed by atoms with E-state index < -0.39 is 0 Å². The SMILES string of the molecule is Cc1[nH]ncc1C(=O)N1CCCN(C(=O)Cc2cccc(F)c2)CC1. The summed E-state index contributed by atoms with van der Waals surface area (Å²) in [6.45, 7) is 3.98. The highest BCUT2D eigenvalue weighted by atomic mass is 19.1. The van der Waals surface area contributed by atoms with Crippen LogP contribution in [0.1, 0.15) is 28.0 Å². The third-order valence-electron chi connectivity index (χ3n) is 4.44. The van der Waals surface area contributed by atoms with Gasteiger partial charge in [-0.3, -0.25) is 14.7 Å². The molecule has 2 heterocycles. The maximum Gasteiger partial charge on any atom is 0.257 e. The number of halogens is 1. The molecule has 0 aliphatic carbocycles. The summed E-state index contributed by atoms with van der Waals surface area (Å²) < 4.78 is 13.3. The number of aryl methyl sites for hydroxylation is 1. The average molecular weight is 344 g/mol. The Morgan fingerprint density at radius 3 is 2.68 bits per heavy atom. The molecule has 0 atom stereocenters. The predicted octanol–water partition coefficient (Wildman–Crippen LogP) is 1.77. The molecular weight excluding hydrogens is 323 g/mol. The van der Waals surface area contributed by atoms with Gasteiger partial charge >= 0.3 is 0 Å². The van der Waals surface area contributed by atoms with Crippen LogP contribution in [0.15, 0.2) is 30.5 Å². The van der Waals surface area contributed by atoms with Crippen molar-refractivity contribution in [3.05, 3.63) is 53.1 Å². The predicted molar refractivity (Wildman–Crippen MR) is 90.5 cm³/mol. The Morgan fingerprint density at radius 1 is 1.20 bits per heavy atom. The van der Waals surface area contributed by atoms with Crippen LogP contribution < -0.4 is 0 Å². The van der Waals surface area contributed by atoms with Crippen molar-refractivity contribution in [2.45, 2.75) is 19.8 Å². The summed E-state index contributed by atoms with van der Waals surface area (Å²) in [5.41, 5.74) is 1.98. The number of amides is 2. The second-order valence-electron chi connectivity index (χ2n) is 6.24. The summed E-state index contributed by atoms with van der Waals surface area (Å²) >= 11 is 0. The third-order valence-corrected chi connectivity index (χ3v) is 4.44. The van der Waals surface area contributed by atoms with Gasteiger partial charge in [-0.2, -0.15) is 5.10 Å². The fraction of sp³-hybridized carbons (Fsp3) is 0.389. The van der Waals surface area contributed by atoms with Gasteiger partial charge in [0, 0.05) is 31.9 Å². The van der Waals surface area contributed by atoms with Crippen LogP contribution >= 0.6 is 0 Å². The van der Waals surface area contributed by atoms with Gasteiger partial charge in [0.05, 0.1) is 18.2 Å². The molecule has 132 valence electrons. The first-order valence-electron chi connectivity index (χ1n) is 8.36. The second-order valence-corrected chi connectivity index (χ2v) is 6.24. The number of hydrogen-bond acceptors (Lipinski definition) is 3. The molecule has 1 saturated heterocycles. The quantitative estimate of drug-likeness (QED) is 0.923. The zero-order valence-corrected chi connectivity index (χ0v) is 14.2. The van der Waals surface area contributed by atoms with E-state index >= 15 is 0 Å². The van der Waals surface area contributed by atoms with E-state index in [1.165, 1.54) is 18.3 Å². The smallest absolute Gasteiger partial charge is 0.257 e. The molecule has 1 aliphatic rings. The molecule has 0 spiro atoms. The van der Waals surface area contributed by atoms with Crippen molar-refractivity contribution in [3.63, 3.8) is 0 Å². The minimum absolute atomic E-state index is 0.0422. The van der Waals surface area contributed by atoms with Gasteiger partial charge in [-0.05, 0) is 31.0 Å². The van der Waals surface area contributed by atoms with Crippen molar-refractivity contribution in [2.24, 2.45) is 0 Å². The van der Waals surface area contributed by atoms with Crippen LogP contribution in [-0.4, -0.2) is 58.0 Å². The summed E-state index contributed by atoms with van der Waals surface area (Å²) in [6, 6.07) is 6.10. The number of aromatic amines is 1. The summed E-state index contributed by atoms with van der Waals surface area (Å²) in [5, 5.41) is 6.66. The Morgan fingerprint density at radius 2 is 1.96 bits per heavy atom. The molecule has 2 aromatic rings. The van der Waals surface area contributed by atoms with E-state index in [4.69, 9.17) is 0 Å². The molecule has 1 fully saturated rings. The zero-order chi connectivity index (χ0) is 17.8. The first kappa shape index (κ1) is 17.1. The Balaban J connectivity index is 1.60. The Hall–Kier alpha value is -2.70. The van der Waals surface area contributed by atoms with Crippen LogP contribution in [0.25, 0.3) is 0 Å². The summed E-state index contributed by atoms with van der Waals surface area (Å²) in [5.74, 6) is -0.446. The number of carbonyl (C=O) groups excluding carboxylic acids is 2. The average Bonchev–Trinajstić information content (AvgIpc) is 2.86. The zero-order valence-electron chi connectivity index (χ0n) is 14.2. The number of carbonyl (C=O) groups is 2. The van der Waals surface area contributed by atoms with Gasteiger partial charge in [-0.25, -0.2) is 4.39 Å². The minimum Gasteiger partial charge on any atom is -0.341 e. The van der Waals surface area contributed by atoms with Crippen LogP contribution in [0.5, 0.6) is 0 Å². The molecule has 6 nitrogen and oxygen atoms in total. The lowest BCUT2D eigenvalue weighted by molar-refractivity contribution is -0.130. The van der Waals surface area contributed by atoms with Crippen LogP contribution in [0.3, 0.4) is 0 Å². The van der Waals surface area contributed by atoms with Gasteiger partial charge in [-0.1, -0.05) is 12.1 Å². The number of rotatable bonds is 3. The largest absolute Gasteiger partial charge is 0.341 e. The standard InChI is InChI=1S/C18H21FN4O2/c1-13-16(12-20-21-13)18(25)23-7-3-6-22(8-9-23)17(24)11-14-4-2-5-15(19)10-14/h2,4-5,10,12H,3,6-9,11H2,1H3,(H,20,21). The first-order chi connectivity index (χ1) is 12.0. The van der Waals surface area contributed by atoms with E-state index in [2.05, 4.69) is 10.2 Å². The number of nitrogens with zero attached hydrogens (tertiary/aromatic N) is 3. The van der Waals surface area contributed by atoms with Crippen molar-refractivity contribution < 1.29 is 14.0 Å². The third kappa shape index (κ3) is 4.04. The van der Waals surface area contributed by atoms with E-state index in [1.54, 1.807) is 21.9 Å². The highest BCUT2D eigenvalue weighted by molar-refractivity contribution is 5.95. The van der Waals surface area contributed by atoms with Crippen molar-refractivity contribution in [3.8, 4) is 0 Å². The molecule has 1 N–H and O–H groups in total. The van der Waals surface area contributed by atoms with E-state index in [-0.39, 0.29) is 24.1 Å². The Bertz CT molecular complexity index is 774. The highest BCUT2D eigenvalue weighted by Crippen LogP contribution is 2.12. The molecule has 0 unspecified atom stereocenters. The fourth-order valence-electron chi connectivity index (χ4n) is 3.04. The van der Waals surface area contributed by atoms with Crippen LogP contribution in [0.2, 0.25) is 0 Å². The van der Waals surface area contributed by atoms with Gasteiger partial charge in [0.15, 0.2) is 0 Å². The molecule has 0 bridgehead atoms. The summed E-state index contributed by atoms with van der Waals surface area (Å²) in [6.07, 6.45) is 2.43. The fourth-order valence-corrected chi connectivity index (χ4v) is 3.04. The van der Waals surface area contributed by atoms with E-state index in [0.717, 1.165) is 12.1 Å². The maximum absolute atomic E-state index is 13.3. The lowest BCUT2D eigenvalue weighted by atomic mass is 10.1. The molecule has 1 aliphatic heterocycles. The number of hydrogen-bond donors (Lipinski definition) is 1. The normalized spacial score (nSPS) is 15.1. The van der Waals surface area contributed by atoms with Crippen LogP contribution in [0.4, 0.5) is 4.39 Å². The first-order valence-corrected chi connectivity index (χ1v) is 8.36. The van der Waals surface area contributed by atoms with Gasteiger partial charge in [-0.15, -0.1) is 0 Å². The van der Waals surface area contributed by atoms with Crippen molar-refractivity contribution >= 4 is 11.8 Å². The van der Waals surface area contributed by atoms with Gasteiger partial charge < -0.3 is 9.80 Å². The number of benzene rings is 1. The van der Waals surface area contributed by atoms with Crippen LogP contribution in [-0.2, 0) is 11.2 Å². The summed E-state index contributed by atoms with van der Waals surface area (Å²) in [7, 11) is 0. The molecule has 2 amide bonds. The van der Waals surface area contributed by atoms with Crippen LogP contribution in [0, 0.1) is 12.7 Å². The van der Waals surface area contributed by atoms with Crippen molar-refractivity contribution in [1.82, 2.24) is 20.0 Å². The van der Waals surface area contributed by atoms with Gasteiger partial charge in [0.1, 0.15) is 5.82 Å². The highest BCUT2D eigenvalue weighted by Gasteiger charge is 2.24. The molecule has 1 aromatic carbocycles. The van der Waals surface area contributed by atoms with Crippen molar-refractivity contribution in [1.29, 1.82) is 0 Å². The number of nitrogens with one attached hydrogen (secondary N) is 1. The van der Waals surface area contributed by atoms with Gasteiger partial charge in [0.2, 0.25) is 5.91 Å². The number of H-pyrrole nitrogens is 1. The monoisotopic (exact) mass is 344 g/mol. The van der Waals surface area contributed by atoms with E-state index in [0.29, 0.717) is 37.3 Å².